The van der Waals surface area contributed by atoms with Crippen LogP contribution in [0.15, 0.2) is 41.5 Å². The van der Waals surface area contributed by atoms with Gasteiger partial charge in [0, 0.05) is 19.0 Å². The lowest BCUT2D eigenvalue weighted by Crippen LogP contribution is -2.26. The van der Waals surface area contributed by atoms with Crippen LogP contribution in [0.1, 0.15) is 5.82 Å². The maximum atomic E-state index is 13.8. The fraction of sp³-hybridized carbons (Fsp3) is 0.105. The third kappa shape index (κ3) is 4.07. The number of fused-ring (bicyclic) bond motifs is 1. The van der Waals surface area contributed by atoms with Crippen molar-refractivity contribution in [2.24, 2.45) is 0 Å². The van der Waals surface area contributed by atoms with E-state index in [2.05, 4.69) is 25.3 Å². The molecule has 0 aliphatic rings. The summed E-state index contributed by atoms with van der Waals surface area (Å²) in [5, 5.41) is 3.60. The van der Waals surface area contributed by atoms with Crippen LogP contribution in [0.4, 0.5) is 22.0 Å². The number of rotatable bonds is 5. The van der Waals surface area contributed by atoms with E-state index < -0.39 is 11.4 Å². The molecular formula is C19H15Cl2FN8O. The van der Waals surface area contributed by atoms with Crippen molar-refractivity contribution in [2.75, 3.05) is 23.3 Å². The number of aromatic nitrogens is 5. The average molecular weight is 461 g/mol. The Bertz CT molecular complexity index is 1360. The molecule has 31 heavy (non-hydrogen) atoms. The fourth-order valence-corrected chi connectivity index (χ4v) is 3.49. The van der Waals surface area contributed by atoms with Crippen LogP contribution in [0.2, 0.25) is 10.0 Å². The van der Waals surface area contributed by atoms with E-state index in [-0.39, 0.29) is 51.7 Å². The van der Waals surface area contributed by atoms with E-state index in [4.69, 9.17) is 34.7 Å². The number of benzene rings is 1. The quantitative estimate of drug-likeness (QED) is 0.413. The van der Waals surface area contributed by atoms with Gasteiger partial charge in [-0.1, -0.05) is 29.3 Å². The van der Waals surface area contributed by atoms with Gasteiger partial charge in [-0.05, 0) is 12.1 Å². The summed E-state index contributed by atoms with van der Waals surface area (Å²) >= 11 is 12.3. The van der Waals surface area contributed by atoms with E-state index >= 15 is 0 Å². The predicted octanol–water partition coefficient (Wildman–Crippen LogP) is 2.84. The second kappa shape index (κ2) is 8.32. The zero-order valence-electron chi connectivity index (χ0n) is 15.8. The summed E-state index contributed by atoms with van der Waals surface area (Å²) in [4.78, 5) is 29.4. The molecule has 0 saturated carbocycles. The Morgan fingerprint density at radius 2 is 1.94 bits per heavy atom. The molecule has 3 heterocycles. The number of anilines is 3. The van der Waals surface area contributed by atoms with Crippen LogP contribution in [0.25, 0.3) is 16.6 Å². The van der Waals surface area contributed by atoms with Gasteiger partial charge in [0.25, 0.3) is 5.56 Å². The molecule has 3 aromatic heterocycles. The van der Waals surface area contributed by atoms with Gasteiger partial charge in [0.1, 0.15) is 22.5 Å². The third-order valence-electron chi connectivity index (χ3n) is 4.40. The molecule has 1 aromatic carbocycles. The second-order valence-electron chi connectivity index (χ2n) is 6.47. The number of halogens is 3. The van der Waals surface area contributed by atoms with Crippen LogP contribution in [0.3, 0.4) is 0 Å². The second-order valence-corrected chi connectivity index (χ2v) is 7.26. The summed E-state index contributed by atoms with van der Waals surface area (Å²) in [6.07, 6.45) is 2.66. The van der Waals surface area contributed by atoms with Crippen molar-refractivity contribution in [3.05, 3.63) is 68.7 Å². The highest BCUT2D eigenvalue weighted by molar-refractivity contribution is 6.35. The van der Waals surface area contributed by atoms with Gasteiger partial charge in [0.2, 0.25) is 5.95 Å². The van der Waals surface area contributed by atoms with E-state index in [1.807, 2.05) is 0 Å². The molecule has 0 atom stereocenters. The Labute approximate surface area is 184 Å². The molecule has 0 aliphatic heterocycles. The Kier molecular flexibility index (Phi) is 5.57. The van der Waals surface area contributed by atoms with Crippen LogP contribution in [-0.2, 0) is 6.42 Å². The van der Waals surface area contributed by atoms with E-state index in [0.29, 0.717) is 11.3 Å². The van der Waals surface area contributed by atoms with Gasteiger partial charge >= 0.3 is 0 Å². The van der Waals surface area contributed by atoms with E-state index in [1.54, 1.807) is 18.2 Å². The molecule has 0 unspecified atom stereocenters. The van der Waals surface area contributed by atoms with Crippen molar-refractivity contribution >= 4 is 51.7 Å². The van der Waals surface area contributed by atoms with Crippen LogP contribution in [-0.4, -0.2) is 31.0 Å². The Hall–Kier alpha value is -3.50. The van der Waals surface area contributed by atoms with Gasteiger partial charge in [-0.2, -0.15) is 9.97 Å². The lowest BCUT2D eigenvalue weighted by atomic mass is 10.2. The first-order chi connectivity index (χ1) is 14.8. The van der Waals surface area contributed by atoms with Gasteiger partial charge in [0.05, 0.1) is 34.0 Å². The molecule has 4 rings (SSSR count). The first-order valence-electron chi connectivity index (χ1n) is 8.98. The average Bonchev–Trinajstić information content (AvgIpc) is 2.71. The fourth-order valence-electron chi connectivity index (χ4n) is 3.08. The van der Waals surface area contributed by atoms with Crippen molar-refractivity contribution in [3.8, 4) is 5.69 Å². The molecule has 12 heteroatoms. The van der Waals surface area contributed by atoms with E-state index in [0.717, 1.165) is 6.20 Å². The minimum absolute atomic E-state index is 0.0365. The van der Waals surface area contributed by atoms with Crippen molar-refractivity contribution in [2.45, 2.75) is 6.42 Å². The predicted molar refractivity (Wildman–Crippen MR) is 118 cm³/mol. The number of nitrogens with zero attached hydrogens (tertiary/aromatic N) is 5. The van der Waals surface area contributed by atoms with Gasteiger partial charge in [-0.15, -0.1) is 0 Å². The highest BCUT2D eigenvalue weighted by Crippen LogP contribution is 2.25. The minimum Gasteiger partial charge on any atom is -0.382 e. The molecule has 0 fully saturated rings. The topological polar surface area (TPSA) is 138 Å². The molecule has 0 amide bonds. The van der Waals surface area contributed by atoms with Crippen molar-refractivity contribution in [1.29, 1.82) is 0 Å². The molecule has 158 valence electrons. The highest BCUT2D eigenvalue weighted by Gasteiger charge is 2.16. The molecule has 0 aliphatic carbocycles. The normalized spacial score (nSPS) is 11.1. The first-order valence-corrected chi connectivity index (χ1v) is 9.74. The first kappa shape index (κ1) is 20.8. The molecule has 9 nitrogen and oxygen atoms in total. The van der Waals surface area contributed by atoms with Gasteiger partial charge < -0.3 is 16.8 Å². The monoisotopic (exact) mass is 460 g/mol. The number of nitrogens with two attached hydrogens (primary N) is 2. The van der Waals surface area contributed by atoms with E-state index in [9.17, 15) is 9.18 Å². The summed E-state index contributed by atoms with van der Waals surface area (Å²) in [5.41, 5.74) is 11.5. The number of hydrogen-bond acceptors (Lipinski definition) is 8. The number of nitrogen functional groups attached to an aromatic ring is 2. The smallest absolute Gasteiger partial charge is 0.267 e. The largest absolute Gasteiger partial charge is 0.382 e. The van der Waals surface area contributed by atoms with Crippen LogP contribution >= 0.6 is 23.2 Å². The summed E-state index contributed by atoms with van der Waals surface area (Å²) in [6.45, 7) is 0.261. The molecule has 5 N–H and O–H groups in total. The zero-order valence-corrected chi connectivity index (χ0v) is 17.3. The molecular weight excluding hydrogens is 446 g/mol. The van der Waals surface area contributed by atoms with Gasteiger partial charge in [-0.3, -0.25) is 14.3 Å². The zero-order chi connectivity index (χ0) is 22.1. The Morgan fingerprint density at radius 1 is 1.13 bits per heavy atom. The summed E-state index contributed by atoms with van der Waals surface area (Å²) in [6, 6.07) is 6.16. The highest BCUT2D eigenvalue weighted by atomic mass is 35.5. The Morgan fingerprint density at radius 3 is 2.71 bits per heavy atom. The SMILES string of the molecule is Nc1nc(N)c(Cl)c(NCCc2nc3cccc(Cl)c3c(=O)n2-c2cncc(F)c2)n1. The number of nitrogens with one attached hydrogen (secondary N) is 1. The van der Waals surface area contributed by atoms with Crippen LogP contribution in [0.5, 0.6) is 0 Å². The van der Waals surface area contributed by atoms with Crippen LogP contribution in [0, 0.1) is 5.82 Å². The molecule has 0 saturated heterocycles. The number of hydrogen-bond donors (Lipinski definition) is 3. The van der Waals surface area contributed by atoms with Crippen molar-refractivity contribution in [1.82, 2.24) is 24.5 Å². The van der Waals surface area contributed by atoms with Gasteiger partial charge in [-0.25, -0.2) is 9.37 Å². The molecule has 0 spiro atoms. The van der Waals surface area contributed by atoms with Crippen LogP contribution < -0.4 is 22.3 Å². The Balaban J connectivity index is 1.76. The van der Waals surface area contributed by atoms with Crippen molar-refractivity contribution < 1.29 is 4.39 Å². The molecule has 0 bridgehead atoms. The summed E-state index contributed by atoms with van der Waals surface area (Å²) in [5.74, 6) is 0.0116. The molecule has 4 aromatic rings. The van der Waals surface area contributed by atoms with Crippen molar-refractivity contribution in [3.63, 3.8) is 0 Å². The summed E-state index contributed by atoms with van der Waals surface area (Å²) in [7, 11) is 0. The lowest BCUT2D eigenvalue weighted by Gasteiger charge is -2.15. The summed E-state index contributed by atoms with van der Waals surface area (Å²) < 4.78 is 15.1. The maximum Gasteiger partial charge on any atom is 0.267 e. The lowest BCUT2D eigenvalue weighted by molar-refractivity contribution is 0.618. The number of pyridine rings is 1. The minimum atomic E-state index is -0.591. The molecule has 0 radical (unpaired) electrons. The third-order valence-corrected chi connectivity index (χ3v) is 5.09. The standard InChI is InChI=1S/C19H15Cl2FN8O/c20-11-2-1-3-12-14(11)18(31)30(10-6-9(22)7-25-8-10)13(27-12)4-5-26-17-15(21)16(23)28-19(24)29-17/h1-3,6-8H,4-5H2,(H5,23,24,26,28,29). The van der Waals surface area contributed by atoms with E-state index in [1.165, 1.54) is 16.8 Å². The maximum absolute atomic E-state index is 13.8. The van der Waals surface area contributed by atoms with Gasteiger partial charge in [0.15, 0.2) is 5.82 Å².